The Kier molecular flexibility index (Phi) is 5.18. The van der Waals surface area contributed by atoms with Gasteiger partial charge in [0.15, 0.2) is 0 Å². The van der Waals surface area contributed by atoms with Crippen molar-refractivity contribution >= 4 is 17.2 Å². The van der Waals surface area contributed by atoms with Gasteiger partial charge in [0.05, 0.1) is 12.3 Å². The molecule has 0 spiro atoms. The van der Waals surface area contributed by atoms with Gasteiger partial charge in [-0.3, -0.25) is 4.79 Å². The highest BCUT2D eigenvalue weighted by Crippen LogP contribution is 2.31. The molecule has 1 unspecified atom stereocenters. The van der Waals surface area contributed by atoms with Crippen LogP contribution in [0.15, 0.2) is 42.5 Å². The summed E-state index contributed by atoms with van der Waals surface area (Å²) in [5.41, 5.74) is 5.49. The quantitative estimate of drug-likeness (QED) is 0.699. The zero-order valence-corrected chi connectivity index (χ0v) is 17.2. The number of hydrogen-bond donors (Lipinski definition) is 1. The van der Waals surface area contributed by atoms with E-state index >= 15 is 0 Å². The zero-order chi connectivity index (χ0) is 19.7. The van der Waals surface area contributed by atoms with Crippen molar-refractivity contribution in [1.29, 1.82) is 0 Å². The maximum absolute atomic E-state index is 12.8. The number of benzene rings is 2. The van der Waals surface area contributed by atoms with Crippen LogP contribution in [0.3, 0.4) is 0 Å². The predicted octanol–water partition coefficient (Wildman–Crippen LogP) is 4.72. The molecular formula is C23H24N2O2S. The Labute approximate surface area is 169 Å². The molecule has 144 valence electrons. The van der Waals surface area contributed by atoms with E-state index in [0.717, 1.165) is 28.4 Å². The van der Waals surface area contributed by atoms with Crippen molar-refractivity contribution in [3.8, 4) is 16.3 Å². The third-order valence-electron chi connectivity index (χ3n) is 5.12. The Hall–Kier alpha value is -2.66. The van der Waals surface area contributed by atoms with Crippen LogP contribution in [-0.4, -0.2) is 24.0 Å². The van der Waals surface area contributed by atoms with Crippen LogP contribution >= 0.6 is 11.3 Å². The second-order valence-electron chi connectivity index (χ2n) is 7.45. The lowest BCUT2D eigenvalue weighted by Crippen LogP contribution is -2.34. The molecule has 0 fully saturated rings. The topological polar surface area (TPSA) is 51.2 Å². The highest BCUT2D eigenvalue weighted by atomic mass is 32.1. The molecule has 0 saturated heterocycles. The summed E-state index contributed by atoms with van der Waals surface area (Å²) >= 11 is 1.46. The Bertz CT molecular complexity index is 1030. The maximum Gasteiger partial charge on any atom is 0.263 e. The second-order valence-corrected chi connectivity index (χ2v) is 8.45. The molecule has 4 rings (SSSR count). The summed E-state index contributed by atoms with van der Waals surface area (Å²) in [7, 11) is 0. The van der Waals surface area contributed by atoms with E-state index in [1.807, 2.05) is 25.1 Å². The van der Waals surface area contributed by atoms with E-state index in [9.17, 15) is 4.79 Å². The van der Waals surface area contributed by atoms with Gasteiger partial charge in [-0.15, -0.1) is 11.3 Å². The van der Waals surface area contributed by atoms with E-state index < -0.39 is 0 Å². The summed E-state index contributed by atoms with van der Waals surface area (Å²) in [6, 6.07) is 14.4. The van der Waals surface area contributed by atoms with Gasteiger partial charge in [0.2, 0.25) is 0 Å². The van der Waals surface area contributed by atoms with Crippen molar-refractivity contribution in [1.82, 2.24) is 10.3 Å². The molecule has 2 heterocycles. The first-order valence-electron chi connectivity index (χ1n) is 9.55. The maximum atomic E-state index is 12.8. The van der Waals surface area contributed by atoms with Crippen molar-refractivity contribution in [3.05, 3.63) is 69.7 Å². The summed E-state index contributed by atoms with van der Waals surface area (Å²) in [6.45, 7) is 7.30. The Morgan fingerprint density at radius 1 is 1.21 bits per heavy atom. The number of nitrogens with one attached hydrogen (secondary N) is 1. The average molecular weight is 393 g/mol. The standard InChI is InChI=1S/C23H24N2O2S/c1-14-8-9-19(15(2)10-14)23-25-16(3)21(28-23)22(26)24-12-17-11-18-6-4-5-7-20(18)27-13-17/h4-10,17H,11-13H2,1-3H3,(H,24,26). The molecule has 0 bridgehead atoms. The lowest BCUT2D eigenvalue weighted by Gasteiger charge is -2.25. The van der Waals surface area contributed by atoms with Gasteiger partial charge in [0, 0.05) is 18.0 Å². The minimum Gasteiger partial charge on any atom is -0.493 e. The van der Waals surface area contributed by atoms with Crippen LogP contribution in [0.1, 0.15) is 32.1 Å². The first kappa shape index (κ1) is 18.7. The number of carbonyl (C=O) groups excluding carboxylic acids is 1. The molecule has 1 N–H and O–H groups in total. The minimum atomic E-state index is -0.0510. The fourth-order valence-electron chi connectivity index (χ4n) is 3.62. The van der Waals surface area contributed by atoms with Crippen LogP contribution in [-0.2, 0) is 6.42 Å². The summed E-state index contributed by atoms with van der Waals surface area (Å²) in [6.07, 6.45) is 0.923. The molecule has 0 radical (unpaired) electrons. The third-order valence-corrected chi connectivity index (χ3v) is 6.31. The van der Waals surface area contributed by atoms with E-state index in [2.05, 4.69) is 48.4 Å². The molecule has 1 atom stereocenters. The summed E-state index contributed by atoms with van der Waals surface area (Å²) in [4.78, 5) is 18.1. The SMILES string of the molecule is Cc1ccc(-c2nc(C)c(C(=O)NCC3COc4ccccc4C3)s2)c(C)c1. The van der Waals surface area contributed by atoms with Crippen molar-refractivity contribution in [2.24, 2.45) is 5.92 Å². The minimum absolute atomic E-state index is 0.0510. The molecule has 1 amide bonds. The number of hydrogen-bond acceptors (Lipinski definition) is 4. The molecular weight excluding hydrogens is 368 g/mol. The van der Waals surface area contributed by atoms with Gasteiger partial charge in [-0.25, -0.2) is 4.98 Å². The van der Waals surface area contributed by atoms with E-state index in [1.165, 1.54) is 28.0 Å². The predicted molar refractivity (Wildman–Crippen MR) is 113 cm³/mol. The highest BCUT2D eigenvalue weighted by molar-refractivity contribution is 7.17. The summed E-state index contributed by atoms with van der Waals surface area (Å²) in [5.74, 6) is 1.19. The molecule has 0 aliphatic carbocycles. The van der Waals surface area contributed by atoms with Gasteiger partial charge < -0.3 is 10.1 Å². The molecule has 0 saturated carbocycles. The van der Waals surface area contributed by atoms with Gasteiger partial charge in [0.25, 0.3) is 5.91 Å². The normalized spacial score (nSPS) is 15.6. The summed E-state index contributed by atoms with van der Waals surface area (Å²) in [5, 5.41) is 3.98. The molecule has 3 aromatic rings. The van der Waals surface area contributed by atoms with Crippen LogP contribution in [0.5, 0.6) is 5.75 Å². The van der Waals surface area contributed by atoms with Crippen molar-refractivity contribution < 1.29 is 9.53 Å². The monoisotopic (exact) mass is 392 g/mol. The number of para-hydroxylation sites is 1. The molecule has 5 heteroatoms. The Morgan fingerprint density at radius 3 is 2.86 bits per heavy atom. The lowest BCUT2D eigenvalue weighted by molar-refractivity contribution is 0.0942. The number of aromatic nitrogens is 1. The highest BCUT2D eigenvalue weighted by Gasteiger charge is 2.22. The van der Waals surface area contributed by atoms with Gasteiger partial charge >= 0.3 is 0 Å². The third kappa shape index (κ3) is 3.80. The first-order valence-corrected chi connectivity index (χ1v) is 10.4. The number of carbonyl (C=O) groups is 1. The molecule has 28 heavy (non-hydrogen) atoms. The number of rotatable bonds is 4. The number of amides is 1. The fourth-order valence-corrected chi connectivity index (χ4v) is 4.69. The number of nitrogens with zero attached hydrogens (tertiary/aromatic N) is 1. The van der Waals surface area contributed by atoms with Crippen LogP contribution in [0.4, 0.5) is 0 Å². The largest absolute Gasteiger partial charge is 0.493 e. The van der Waals surface area contributed by atoms with E-state index in [-0.39, 0.29) is 11.8 Å². The Balaban J connectivity index is 1.44. The second kappa shape index (κ2) is 7.76. The molecule has 1 aliphatic rings. The van der Waals surface area contributed by atoms with Crippen molar-refractivity contribution in [2.45, 2.75) is 27.2 Å². The number of aryl methyl sites for hydroxylation is 3. The van der Waals surface area contributed by atoms with Gasteiger partial charge in [-0.2, -0.15) is 0 Å². The van der Waals surface area contributed by atoms with E-state index in [4.69, 9.17) is 4.74 Å². The Morgan fingerprint density at radius 2 is 2.04 bits per heavy atom. The lowest BCUT2D eigenvalue weighted by atomic mass is 9.97. The number of thiazole rings is 1. The van der Waals surface area contributed by atoms with Gasteiger partial charge in [-0.1, -0.05) is 42.0 Å². The van der Waals surface area contributed by atoms with E-state index in [1.54, 1.807) is 0 Å². The van der Waals surface area contributed by atoms with Gasteiger partial charge in [0.1, 0.15) is 15.6 Å². The van der Waals surface area contributed by atoms with Crippen LogP contribution < -0.4 is 10.1 Å². The summed E-state index contributed by atoms with van der Waals surface area (Å²) < 4.78 is 5.82. The van der Waals surface area contributed by atoms with Crippen LogP contribution in [0.25, 0.3) is 10.6 Å². The molecule has 1 aromatic heterocycles. The number of fused-ring (bicyclic) bond motifs is 1. The van der Waals surface area contributed by atoms with Crippen molar-refractivity contribution in [3.63, 3.8) is 0 Å². The smallest absolute Gasteiger partial charge is 0.263 e. The van der Waals surface area contributed by atoms with Crippen LogP contribution in [0.2, 0.25) is 0 Å². The fraction of sp³-hybridized carbons (Fsp3) is 0.304. The van der Waals surface area contributed by atoms with Gasteiger partial charge in [-0.05, 0) is 44.4 Å². The van der Waals surface area contributed by atoms with Crippen molar-refractivity contribution in [2.75, 3.05) is 13.2 Å². The zero-order valence-electron chi connectivity index (χ0n) is 16.4. The molecule has 4 nitrogen and oxygen atoms in total. The first-order chi connectivity index (χ1) is 13.5. The number of ether oxygens (including phenoxy) is 1. The van der Waals surface area contributed by atoms with E-state index in [0.29, 0.717) is 18.0 Å². The molecule has 1 aliphatic heterocycles. The average Bonchev–Trinajstić information content (AvgIpc) is 3.07. The molecule has 2 aromatic carbocycles. The van der Waals surface area contributed by atoms with Crippen LogP contribution in [0, 0.1) is 26.7 Å².